The Kier molecular flexibility index (Phi) is 4.64. The number of likely N-dealkylation sites (tertiary alicyclic amines) is 1. The van der Waals surface area contributed by atoms with Crippen molar-refractivity contribution in [3.05, 3.63) is 54.0 Å². The van der Waals surface area contributed by atoms with Gasteiger partial charge >= 0.3 is 0 Å². The third-order valence-electron chi connectivity index (χ3n) is 5.45. The van der Waals surface area contributed by atoms with Gasteiger partial charge in [0.05, 0.1) is 6.20 Å². The summed E-state index contributed by atoms with van der Waals surface area (Å²) in [5, 5.41) is 0. The SMILES string of the molecule is CN(C)c1nc(-c2ccc(C(=O)N3C[C@H]4CC=CC[C@H]4C3)cc2)ncc1F. The van der Waals surface area contributed by atoms with Crippen molar-refractivity contribution in [3.63, 3.8) is 0 Å². The molecule has 0 N–H and O–H groups in total. The predicted molar refractivity (Wildman–Crippen MR) is 103 cm³/mol. The fourth-order valence-electron chi connectivity index (χ4n) is 3.94. The van der Waals surface area contributed by atoms with E-state index in [0.29, 0.717) is 23.2 Å². The average Bonchev–Trinajstić information content (AvgIpc) is 3.12. The lowest BCUT2D eigenvalue weighted by Gasteiger charge is -2.17. The van der Waals surface area contributed by atoms with Gasteiger partial charge in [-0.15, -0.1) is 0 Å². The number of hydrogen-bond donors (Lipinski definition) is 0. The van der Waals surface area contributed by atoms with Crippen molar-refractivity contribution in [2.75, 3.05) is 32.1 Å². The lowest BCUT2D eigenvalue weighted by Crippen LogP contribution is -2.28. The maximum absolute atomic E-state index is 13.8. The summed E-state index contributed by atoms with van der Waals surface area (Å²) in [5.74, 6) is 1.49. The van der Waals surface area contributed by atoms with Gasteiger partial charge in [-0.3, -0.25) is 4.79 Å². The number of nitrogens with zero attached hydrogens (tertiary/aromatic N) is 4. The van der Waals surface area contributed by atoms with E-state index in [2.05, 4.69) is 22.1 Å². The van der Waals surface area contributed by atoms with E-state index in [0.717, 1.165) is 31.5 Å². The van der Waals surface area contributed by atoms with Crippen molar-refractivity contribution in [2.45, 2.75) is 12.8 Å². The number of carbonyl (C=O) groups excluding carboxylic acids is 1. The molecule has 1 aromatic carbocycles. The Morgan fingerprint density at radius 1 is 1.11 bits per heavy atom. The first-order chi connectivity index (χ1) is 13.0. The molecule has 0 bridgehead atoms. The van der Waals surface area contributed by atoms with Crippen LogP contribution in [0.3, 0.4) is 0 Å². The molecule has 0 spiro atoms. The molecule has 1 aromatic heterocycles. The molecule has 1 aliphatic carbocycles. The topological polar surface area (TPSA) is 49.3 Å². The van der Waals surface area contributed by atoms with Gasteiger partial charge in [0.2, 0.25) is 0 Å². The zero-order chi connectivity index (χ0) is 19.0. The Balaban J connectivity index is 1.51. The molecule has 27 heavy (non-hydrogen) atoms. The number of halogens is 1. The van der Waals surface area contributed by atoms with Crippen molar-refractivity contribution in [1.29, 1.82) is 0 Å². The zero-order valence-electron chi connectivity index (χ0n) is 15.6. The summed E-state index contributed by atoms with van der Waals surface area (Å²) < 4.78 is 13.8. The molecule has 140 valence electrons. The van der Waals surface area contributed by atoms with E-state index >= 15 is 0 Å². The van der Waals surface area contributed by atoms with Crippen LogP contribution in [0.2, 0.25) is 0 Å². The number of rotatable bonds is 3. The van der Waals surface area contributed by atoms with E-state index in [-0.39, 0.29) is 11.7 Å². The highest BCUT2D eigenvalue weighted by atomic mass is 19.1. The first-order valence-corrected chi connectivity index (χ1v) is 9.27. The number of aromatic nitrogens is 2. The molecule has 2 heterocycles. The molecule has 2 aromatic rings. The summed E-state index contributed by atoms with van der Waals surface area (Å²) in [6.07, 6.45) is 7.78. The monoisotopic (exact) mass is 366 g/mol. The van der Waals surface area contributed by atoms with Crippen LogP contribution >= 0.6 is 0 Å². The quantitative estimate of drug-likeness (QED) is 0.782. The summed E-state index contributed by atoms with van der Waals surface area (Å²) in [7, 11) is 3.47. The number of allylic oxidation sites excluding steroid dienone is 2. The first-order valence-electron chi connectivity index (χ1n) is 9.27. The maximum atomic E-state index is 13.8. The van der Waals surface area contributed by atoms with E-state index in [9.17, 15) is 9.18 Å². The van der Waals surface area contributed by atoms with E-state index in [1.807, 2.05) is 17.0 Å². The van der Waals surface area contributed by atoms with Gasteiger partial charge in [0, 0.05) is 38.3 Å². The van der Waals surface area contributed by atoms with Crippen molar-refractivity contribution < 1.29 is 9.18 Å². The molecular weight excluding hydrogens is 343 g/mol. The molecule has 0 unspecified atom stereocenters. The Morgan fingerprint density at radius 3 is 2.33 bits per heavy atom. The minimum atomic E-state index is -0.458. The van der Waals surface area contributed by atoms with Gasteiger partial charge in [0.25, 0.3) is 5.91 Å². The van der Waals surface area contributed by atoms with Crippen LogP contribution in [0.5, 0.6) is 0 Å². The molecule has 0 saturated carbocycles. The zero-order valence-corrected chi connectivity index (χ0v) is 15.6. The van der Waals surface area contributed by atoms with E-state index in [4.69, 9.17) is 0 Å². The Hall–Kier alpha value is -2.76. The Labute approximate surface area is 158 Å². The van der Waals surface area contributed by atoms with E-state index < -0.39 is 5.82 Å². The van der Waals surface area contributed by atoms with Gasteiger partial charge in [0.1, 0.15) is 0 Å². The van der Waals surface area contributed by atoms with Gasteiger partial charge in [-0.05, 0) is 36.8 Å². The number of fused-ring (bicyclic) bond motifs is 1. The summed E-state index contributed by atoms with van der Waals surface area (Å²) in [6, 6.07) is 7.26. The van der Waals surface area contributed by atoms with Crippen LogP contribution in [0.4, 0.5) is 10.2 Å². The highest BCUT2D eigenvalue weighted by Crippen LogP contribution is 2.33. The second-order valence-electron chi connectivity index (χ2n) is 7.51. The third kappa shape index (κ3) is 3.44. The van der Waals surface area contributed by atoms with Crippen LogP contribution in [0.25, 0.3) is 11.4 Å². The predicted octanol–water partition coefficient (Wildman–Crippen LogP) is 3.39. The first kappa shape index (κ1) is 17.6. The summed E-state index contributed by atoms with van der Waals surface area (Å²) in [6.45, 7) is 1.67. The van der Waals surface area contributed by atoms with Crippen LogP contribution in [0.15, 0.2) is 42.6 Å². The molecule has 5 nitrogen and oxygen atoms in total. The van der Waals surface area contributed by atoms with Gasteiger partial charge in [-0.1, -0.05) is 24.3 Å². The van der Waals surface area contributed by atoms with E-state index in [1.54, 1.807) is 31.1 Å². The lowest BCUT2D eigenvalue weighted by atomic mass is 9.86. The molecule has 6 heteroatoms. The summed E-state index contributed by atoms with van der Waals surface area (Å²) in [5.41, 5.74) is 1.43. The second-order valence-corrected chi connectivity index (χ2v) is 7.51. The van der Waals surface area contributed by atoms with Crippen molar-refractivity contribution in [3.8, 4) is 11.4 Å². The molecule has 1 aliphatic heterocycles. The number of anilines is 1. The molecule has 1 fully saturated rings. The van der Waals surface area contributed by atoms with Crippen LogP contribution in [-0.4, -0.2) is 48.0 Å². The van der Waals surface area contributed by atoms with Gasteiger partial charge < -0.3 is 9.80 Å². The Morgan fingerprint density at radius 2 is 1.74 bits per heavy atom. The van der Waals surface area contributed by atoms with Crippen LogP contribution < -0.4 is 4.90 Å². The fourth-order valence-corrected chi connectivity index (χ4v) is 3.94. The van der Waals surface area contributed by atoms with Crippen LogP contribution in [0.1, 0.15) is 23.2 Å². The van der Waals surface area contributed by atoms with Crippen molar-refractivity contribution in [1.82, 2.24) is 14.9 Å². The maximum Gasteiger partial charge on any atom is 0.253 e. The number of benzene rings is 1. The molecule has 1 amide bonds. The highest BCUT2D eigenvalue weighted by Gasteiger charge is 2.35. The second kappa shape index (κ2) is 7.10. The average molecular weight is 366 g/mol. The standard InChI is InChI=1S/C21H23FN4O/c1-25(2)20-18(22)11-23-19(24-20)14-7-9-15(10-8-14)21(27)26-12-16-5-3-4-6-17(16)13-26/h3-4,7-11,16-17H,5-6,12-13H2,1-2H3/t16-,17+. The van der Waals surface area contributed by atoms with Crippen LogP contribution in [-0.2, 0) is 0 Å². The fraction of sp³-hybridized carbons (Fsp3) is 0.381. The number of hydrogen-bond acceptors (Lipinski definition) is 4. The highest BCUT2D eigenvalue weighted by molar-refractivity contribution is 5.94. The molecule has 1 saturated heterocycles. The minimum absolute atomic E-state index is 0.0740. The van der Waals surface area contributed by atoms with Crippen molar-refractivity contribution >= 4 is 11.7 Å². The van der Waals surface area contributed by atoms with Crippen molar-refractivity contribution in [2.24, 2.45) is 11.8 Å². The lowest BCUT2D eigenvalue weighted by molar-refractivity contribution is 0.0784. The number of amides is 1. The molecule has 4 rings (SSSR count). The summed E-state index contributed by atoms with van der Waals surface area (Å²) >= 11 is 0. The van der Waals surface area contributed by atoms with Gasteiger partial charge in [0.15, 0.2) is 17.5 Å². The molecule has 2 aliphatic rings. The smallest absolute Gasteiger partial charge is 0.253 e. The Bertz CT molecular complexity index is 862. The van der Waals surface area contributed by atoms with Crippen LogP contribution in [0, 0.1) is 17.7 Å². The number of carbonyl (C=O) groups is 1. The molecular formula is C21H23FN4O. The normalized spacial score (nSPS) is 21.2. The van der Waals surface area contributed by atoms with Gasteiger partial charge in [-0.25, -0.2) is 14.4 Å². The molecule has 0 radical (unpaired) electrons. The largest absolute Gasteiger partial charge is 0.360 e. The molecule has 2 atom stereocenters. The van der Waals surface area contributed by atoms with E-state index in [1.165, 1.54) is 6.20 Å². The minimum Gasteiger partial charge on any atom is -0.360 e. The summed E-state index contributed by atoms with van der Waals surface area (Å²) in [4.78, 5) is 24.8. The van der Waals surface area contributed by atoms with Gasteiger partial charge in [-0.2, -0.15) is 0 Å². The third-order valence-corrected chi connectivity index (χ3v) is 5.45.